The zero-order chi connectivity index (χ0) is 18.6. The van der Waals surface area contributed by atoms with Gasteiger partial charge in [0.15, 0.2) is 6.23 Å². The van der Waals surface area contributed by atoms with E-state index < -0.39 is 6.23 Å². The van der Waals surface area contributed by atoms with Gasteiger partial charge < -0.3 is 4.74 Å². The number of unbranched alkanes of at least 4 members (excludes halogenated alkanes) is 14. The zero-order valence-corrected chi connectivity index (χ0v) is 17.2. The summed E-state index contributed by atoms with van der Waals surface area (Å²) in [7, 11) is 0. The third-order valence-corrected chi connectivity index (χ3v) is 4.86. The summed E-state index contributed by atoms with van der Waals surface area (Å²) in [5.41, 5.74) is 5.88. The summed E-state index contributed by atoms with van der Waals surface area (Å²) in [4.78, 5) is 11.7. The van der Waals surface area contributed by atoms with Gasteiger partial charge in [-0.05, 0) is 19.3 Å². The molecule has 0 radical (unpaired) electrons. The van der Waals surface area contributed by atoms with E-state index in [4.69, 9.17) is 10.5 Å². The Balaban J connectivity index is 3.29. The van der Waals surface area contributed by atoms with Crippen LogP contribution in [0.5, 0.6) is 0 Å². The van der Waals surface area contributed by atoms with Crippen molar-refractivity contribution >= 4 is 5.97 Å². The Bertz CT molecular complexity index is 281. The first-order valence-corrected chi connectivity index (χ1v) is 11.2. The topological polar surface area (TPSA) is 52.3 Å². The molecule has 0 aliphatic heterocycles. The highest BCUT2D eigenvalue weighted by molar-refractivity contribution is 5.69. The summed E-state index contributed by atoms with van der Waals surface area (Å²) in [6, 6.07) is 0. The van der Waals surface area contributed by atoms with Crippen molar-refractivity contribution in [1.82, 2.24) is 0 Å². The number of carbonyl (C=O) groups is 1. The third kappa shape index (κ3) is 19.6. The fourth-order valence-corrected chi connectivity index (χ4v) is 3.17. The molecule has 2 N–H and O–H groups in total. The van der Waals surface area contributed by atoms with Crippen LogP contribution in [0.4, 0.5) is 0 Å². The van der Waals surface area contributed by atoms with Crippen molar-refractivity contribution in [3.63, 3.8) is 0 Å². The number of hydrogen-bond acceptors (Lipinski definition) is 3. The molecule has 1 unspecified atom stereocenters. The van der Waals surface area contributed by atoms with Crippen molar-refractivity contribution in [3.05, 3.63) is 0 Å². The molecule has 0 aromatic heterocycles. The van der Waals surface area contributed by atoms with Crippen molar-refractivity contribution < 1.29 is 9.53 Å². The highest BCUT2D eigenvalue weighted by Gasteiger charge is 2.09. The molecular formula is C22H45NO2. The van der Waals surface area contributed by atoms with Crippen LogP contribution < -0.4 is 5.73 Å². The Hall–Kier alpha value is -0.570. The van der Waals surface area contributed by atoms with Crippen LogP contribution in [0.1, 0.15) is 129 Å². The van der Waals surface area contributed by atoms with Crippen molar-refractivity contribution in [1.29, 1.82) is 0 Å². The summed E-state index contributed by atoms with van der Waals surface area (Å²) < 4.78 is 5.29. The molecule has 3 nitrogen and oxygen atoms in total. The molecular weight excluding hydrogens is 310 g/mol. The standard InChI is InChI=1S/C22H45NO2/c1-3-5-7-9-10-11-12-13-14-16-18-20-22(24)25-21(23)19-17-15-8-6-4-2/h21H,3-20,23H2,1-2H3. The predicted molar refractivity (Wildman–Crippen MR) is 109 cm³/mol. The smallest absolute Gasteiger partial charge is 0.307 e. The summed E-state index contributed by atoms with van der Waals surface area (Å²) in [6.45, 7) is 4.47. The number of carbonyl (C=O) groups excluding carboxylic acids is 1. The van der Waals surface area contributed by atoms with Gasteiger partial charge in [-0.1, -0.05) is 104 Å². The van der Waals surface area contributed by atoms with Gasteiger partial charge in [-0.2, -0.15) is 0 Å². The molecule has 0 saturated heterocycles. The lowest BCUT2D eigenvalue weighted by Crippen LogP contribution is -2.26. The first-order valence-electron chi connectivity index (χ1n) is 11.2. The second-order valence-corrected chi connectivity index (χ2v) is 7.52. The van der Waals surface area contributed by atoms with Gasteiger partial charge in [0.1, 0.15) is 0 Å². The molecule has 0 aromatic rings. The monoisotopic (exact) mass is 355 g/mol. The number of nitrogens with two attached hydrogens (primary N) is 1. The molecule has 1 atom stereocenters. The highest BCUT2D eigenvalue weighted by atomic mass is 16.6. The van der Waals surface area contributed by atoms with E-state index in [1.54, 1.807) is 0 Å². The fraction of sp³-hybridized carbons (Fsp3) is 0.955. The van der Waals surface area contributed by atoms with E-state index in [0.717, 1.165) is 25.7 Å². The molecule has 0 spiro atoms. The maximum atomic E-state index is 11.7. The maximum absolute atomic E-state index is 11.7. The highest BCUT2D eigenvalue weighted by Crippen LogP contribution is 2.12. The Labute approximate surface area is 157 Å². The average molecular weight is 356 g/mol. The molecule has 0 rings (SSSR count). The normalized spacial score (nSPS) is 12.3. The van der Waals surface area contributed by atoms with E-state index in [1.165, 1.54) is 83.5 Å². The fourth-order valence-electron chi connectivity index (χ4n) is 3.17. The molecule has 3 heteroatoms. The van der Waals surface area contributed by atoms with Crippen molar-refractivity contribution in [2.45, 2.75) is 136 Å². The van der Waals surface area contributed by atoms with Crippen LogP contribution in [0, 0.1) is 0 Å². The molecule has 0 aliphatic rings. The molecule has 0 heterocycles. The zero-order valence-electron chi connectivity index (χ0n) is 17.2. The van der Waals surface area contributed by atoms with E-state index in [-0.39, 0.29) is 5.97 Å². The Morgan fingerprint density at radius 3 is 1.56 bits per heavy atom. The summed E-state index contributed by atoms with van der Waals surface area (Å²) in [5.74, 6) is -0.114. The molecule has 25 heavy (non-hydrogen) atoms. The average Bonchev–Trinajstić information content (AvgIpc) is 2.59. The summed E-state index contributed by atoms with van der Waals surface area (Å²) in [6.07, 6.45) is 21.2. The van der Waals surface area contributed by atoms with E-state index in [1.807, 2.05) is 0 Å². The molecule has 150 valence electrons. The van der Waals surface area contributed by atoms with Crippen LogP contribution in [0.3, 0.4) is 0 Å². The van der Waals surface area contributed by atoms with Crippen LogP contribution >= 0.6 is 0 Å². The van der Waals surface area contributed by atoms with E-state index in [0.29, 0.717) is 6.42 Å². The van der Waals surface area contributed by atoms with Gasteiger partial charge in [0.25, 0.3) is 0 Å². The van der Waals surface area contributed by atoms with Gasteiger partial charge >= 0.3 is 5.97 Å². The van der Waals surface area contributed by atoms with Crippen LogP contribution in [0.25, 0.3) is 0 Å². The lowest BCUT2D eigenvalue weighted by atomic mass is 10.1. The Morgan fingerprint density at radius 2 is 1.08 bits per heavy atom. The number of hydrogen-bond donors (Lipinski definition) is 1. The number of rotatable bonds is 19. The first-order chi connectivity index (χ1) is 12.2. The van der Waals surface area contributed by atoms with Crippen molar-refractivity contribution in [2.75, 3.05) is 0 Å². The predicted octanol–water partition coefficient (Wildman–Crippen LogP) is 6.88. The SMILES string of the molecule is CCCCCCCCCCCCCC(=O)OC(N)CCCCCCC. The third-order valence-electron chi connectivity index (χ3n) is 4.86. The largest absolute Gasteiger partial charge is 0.447 e. The van der Waals surface area contributed by atoms with E-state index >= 15 is 0 Å². The maximum Gasteiger partial charge on any atom is 0.307 e. The molecule has 0 aliphatic carbocycles. The van der Waals surface area contributed by atoms with E-state index in [9.17, 15) is 4.79 Å². The molecule has 0 fully saturated rings. The van der Waals surface area contributed by atoms with Gasteiger partial charge in [-0.15, -0.1) is 0 Å². The van der Waals surface area contributed by atoms with Gasteiger partial charge in [-0.3, -0.25) is 10.5 Å². The second-order valence-electron chi connectivity index (χ2n) is 7.52. The number of esters is 1. The van der Waals surface area contributed by atoms with Crippen LogP contribution in [0.2, 0.25) is 0 Å². The lowest BCUT2D eigenvalue weighted by molar-refractivity contribution is -0.149. The summed E-state index contributed by atoms with van der Waals surface area (Å²) in [5, 5.41) is 0. The Morgan fingerprint density at radius 1 is 0.680 bits per heavy atom. The molecule has 0 aromatic carbocycles. The van der Waals surface area contributed by atoms with Crippen molar-refractivity contribution in [3.8, 4) is 0 Å². The minimum absolute atomic E-state index is 0.114. The van der Waals surface area contributed by atoms with Crippen LogP contribution in [-0.4, -0.2) is 12.2 Å². The minimum atomic E-state index is -0.401. The van der Waals surface area contributed by atoms with Crippen LogP contribution in [-0.2, 0) is 9.53 Å². The second kappa shape index (κ2) is 19.8. The first kappa shape index (κ1) is 24.4. The van der Waals surface area contributed by atoms with Crippen molar-refractivity contribution in [2.24, 2.45) is 5.73 Å². The lowest BCUT2D eigenvalue weighted by Gasteiger charge is -2.13. The molecule has 0 amide bonds. The van der Waals surface area contributed by atoms with Gasteiger partial charge in [0.05, 0.1) is 0 Å². The van der Waals surface area contributed by atoms with Crippen LogP contribution in [0.15, 0.2) is 0 Å². The molecule has 0 bridgehead atoms. The number of ether oxygens (including phenoxy) is 1. The minimum Gasteiger partial charge on any atom is -0.447 e. The quantitative estimate of drug-likeness (QED) is 0.156. The van der Waals surface area contributed by atoms with Gasteiger partial charge in [-0.25, -0.2) is 0 Å². The van der Waals surface area contributed by atoms with E-state index in [2.05, 4.69) is 13.8 Å². The molecule has 0 saturated carbocycles. The summed E-state index contributed by atoms with van der Waals surface area (Å²) >= 11 is 0. The van der Waals surface area contributed by atoms with Gasteiger partial charge in [0.2, 0.25) is 0 Å². The van der Waals surface area contributed by atoms with Gasteiger partial charge in [0, 0.05) is 6.42 Å². The Kier molecular flexibility index (Phi) is 19.3.